The maximum absolute atomic E-state index is 12.8. The van der Waals surface area contributed by atoms with Crippen molar-refractivity contribution in [1.29, 1.82) is 0 Å². The third kappa shape index (κ3) is 3.38. The predicted octanol–water partition coefficient (Wildman–Crippen LogP) is 4.57. The standard InChI is InChI=1S/C23H27NO4/c1-26-18-3-2-4-19(10-18)27-14-20-5-6-21(28-20)22(25)24-23-11-15-7-16(12-23)9-17(8-15)13-23/h2-6,10,15-17H,7-9,11-14H2,1H3,(H,24,25). The summed E-state index contributed by atoms with van der Waals surface area (Å²) in [6.45, 7) is 0.276. The van der Waals surface area contributed by atoms with E-state index in [2.05, 4.69) is 5.32 Å². The first-order chi connectivity index (χ1) is 13.6. The van der Waals surface area contributed by atoms with Crippen LogP contribution in [0.15, 0.2) is 40.8 Å². The Morgan fingerprint density at radius 3 is 2.43 bits per heavy atom. The van der Waals surface area contributed by atoms with Crippen molar-refractivity contribution in [2.24, 2.45) is 17.8 Å². The summed E-state index contributed by atoms with van der Waals surface area (Å²) in [5, 5.41) is 3.35. The summed E-state index contributed by atoms with van der Waals surface area (Å²) in [5.41, 5.74) is -0.00409. The smallest absolute Gasteiger partial charge is 0.287 e. The normalized spacial score (nSPS) is 30.2. The summed E-state index contributed by atoms with van der Waals surface area (Å²) >= 11 is 0. The maximum atomic E-state index is 12.8. The average Bonchev–Trinajstić information content (AvgIpc) is 3.14. The quantitative estimate of drug-likeness (QED) is 0.796. The first kappa shape index (κ1) is 17.7. The number of methoxy groups -OCH3 is 1. The van der Waals surface area contributed by atoms with Gasteiger partial charge in [-0.15, -0.1) is 0 Å². The molecule has 0 saturated heterocycles. The van der Waals surface area contributed by atoms with Crippen molar-refractivity contribution in [2.75, 3.05) is 7.11 Å². The highest BCUT2D eigenvalue weighted by Crippen LogP contribution is 2.55. The van der Waals surface area contributed by atoms with Crippen molar-refractivity contribution < 1.29 is 18.7 Å². The van der Waals surface area contributed by atoms with Crippen molar-refractivity contribution >= 4 is 5.91 Å². The first-order valence-corrected chi connectivity index (χ1v) is 10.3. The summed E-state index contributed by atoms with van der Waals surface area (Å²) in [6.07, 6.45) is 7.50. The van der Waals surface area contributed by atoms with Gasteiger partial charge >= 0.3 is 0 Å². The van der Waals surface area contributed by atoms with E-state index < -0.39 is 0 Å². The van der Waals surface area contributed by atoms with Gasteiger partial charge in [-0.1, -0.05) is 6.07 Å². The van der Waals surface area contributed by atoms with Gasteiger partial charge in [0, 0.05) is 11.6 Å². The van der Waals surface area contributed by atoms with E-state index in [0.717, 1.165) is 42.8 Å². The van der Waals surface area contributed by atoms with Crippen molar-refractivity contribution in [3.8, 4) is 11.5 Å². The minimum absolute atomic E-state index is 0.00409. The van der Waals surface area contributed by atoms with Crippen LogP contribution in [0, 0.1) is 17.8 Å². The van der Waals surface area contributed by atoms with Gasteiger partial charge < -0.3 is 19.2 Å². The first-order valence-electron chi connectivity index (χ1n) is 10.3. The molecule has 1 aromatic heterocycles. The van der Waals surface area contributed by atoms with Gasteiger partial charge in [-0.3, -0.25) is 4.79 Å². The number of ether oxygens (including phenoxy) is 2. The summed E-state index contributed by atoms with van der Waals surface area (Å²) in [5.74, 6) is 4.77. The molecule has 5 nitrogen and oxygen atoms in total. The second-order valence-electron chi connectivity index (χ2n) is 8.89. The Kier molecular flexibility index (Phi) is 4.33. The van der Waals surface area contributed by atoms with Crippen LogP contribution in [-0.4, -0.2) is 18.6 Å². The van der Waals surface area contributed by atoms with Crippen molar-refractivity contribution in [1.82, 2.24) is 5.32 Å². The number of amides is 1. The number of carbonyl (C=O) groups excluding carboxylic acids is 1. The lowest BCUT2D eigenvalue weighted by Crippen LogP contribution is -2.59. The Hall–Kier alpha value is -2.43. The fourth-order valence-corrected chi connectivity index (χ4v) is 5.99. The molecule has 4 aliphatic carbocycles. The van der Waals surface area contributed by atoms with E-state index in [-0.39, 0.29) is 18.1 Å². The molecule has 0 spiro atoms. The summed E-state index contributed by atoms with van der Waals surface area (Å²) < 4.78 is 16.7. The van der Waals surface area contributed by atoms with Gasteiger partial charge in [0.15, 0.2) is 5.76 Å². The Labute approximate surface area is 165 Å². The van der Waals surface area contributed by atoms with Crippen LogP contribution in [0.5, 0.6) is 11.5 Å². The van der Waals surface area contributed by atoms with E-state index >= 15 is 0 Å². The molecule has 6 rings (SSSR count). The molecule has 4 saturated carbocycles. The number of benzene rings is 1. The molecule has 4 bridgehead atoms. The predicted molar refractivity (Wildman–Crippen MR) is 104 cm³/mol. The Balaban J connectivity index is 1.22. The number of carbonyl (C=O) groups is 1. The fourth-order valence-electron chi connectivity index (χ4n) is 5.99. The number of rotatable bonds is 6. The molecule has 4 fully saturated rings. The van der Waals surface area contributed by atoms with Crippen molar-refractivity contribution in [3.05, 3.63) is 47.9 Å². The van der Waals surface area contributed by atoms with Crippen molar-refractivity contribution in [3.63, 3.8) is 0 Å². The fraction of sp³-hybridized carbons (Fsp3) is 0.522. The number of hydrogen-bond donors (Lipinski definition) is 1. The lowest BCUT2D eigenvalue weighted by Gasteiger charge is -2.56. The lowest BCUT2D eigenvalue weighted by atomic mass is 9.53. The van der Waals surface area contributed by atoms with E-state index in [0.29, 0.717) is 17.3 Å². The van der Waals surface area contributed by atoms with Gasteiger partial charge in [0.1, 0.15) is 23.9 Å². The molecule has 1 heterocycles. The third-order valence-electron chi connectivity index (χ3n) is 6.72. The minimum atomic E-state index is -0.0884. The van der Waals surface area contributed by atoms with E-state index in [1.54, 1.807) is 13.2 Å². The lowest BCUT2D eigenvalue weighted by molar-refractivity contribution is -0.0171. The molecule has 5 heteroatoms. The summed E-state index contributed by atoms with van der Waals surface area (Å²) in [4.78, 5) is 12.8. The molecular formula is C23H27NO4. The van der Waals surface area contributed by atoms with Crippen LogP contribution in [0.4, 0.5) is 0 Å². The van der Waals surface area contributed by atoms with Gasteiger partial charge in [-0.25, -0.2) is 0 Å². The van der Waals surface area contributed by atoms with Gasteiger partial charge in [0.2, 0.25) is 0 Å². The molecular weight excluding hydrogens is 354 g/mol. The van der Waals surface area contributed by atoms with Gasteiger partial charge in [-0.2, -0.15) is 0 Å². The Morgan fingerprint density at radius 1 is 1.07 bits per heavy atom. The van der Waals surface area contributed by atoms with Crippen LogP contribution in [0.3, 0.4) is 0 Å². The summed E-state index contributed by atoms with van der Waals surface area (Å²) in [6, 6.07) is 11.0. The monoisotopic (exact) mass is 381 g/mol. The zero-order valence-corrected chi connectivity index (χ0v) is 16.3. The van der Waals surface area contributed by atoms with Crippen LogP contribution in [-0.2, 0) is 6.61 Å². The highest BCUT2D eigenvalue weighted by molar-refractivity contribution is 5.92. The Bertz CT molecular complexity index is 836. The highest BCUT2D eigenvalue weighted by atomic mass is 16.5. The zero-order valence-electron chi connectivity index (χ0n) is 16.3. The molecule has 1 amide bonds. The van der Waals surface area contributed by atoms with E-state index in [9.17, 15) is 4.79 Å². The van der Waals surface area contributed by atoms with Crippen molar-refractivity contribution in [2.45, 2.75) is 50.7 Å². The van der Waals surface area contributed by atoms with Gasteiger partial charge in [0.25, 0.3) is 5.91 Å². The van der Waals surface area contributed by atoms with Crippen LogP contribution in [0.1, 0.15) is 54.8 Å². The van der Waals surface area contributed by atoms with Gasteiger partial charge in [-0.05, 0) is 80.5 Å². The van der Waals surface area contributed by atoms with Crippen LogP contribution >= 0.6 is 0 Å². The second kappa shape index (κ2) is 6.87. The zero-order chi connectivity index (χ0) is 19.1. The van der Waals surface area contributed by atoms with Crippen LogP contribution in [0.25, 0.3) is 0 Å². The maximum Gasteiger partial charge on any atom is 0.287 e. The summed E-state index contributed by atoms with van der Waals surface area (Å²) in [7, 11) is 1.63. The topological polar surface area (TPSA) is 60.7 Å². The van der Waals surface area contributed by atoms with Gasteiger partial charge in [0.05, 0.1) is 7.11 Å². The van der Waals surface area contributed by atoms with E-state index in [1.807, 2.05) is 30.3 Å². The second-order valence-corrected chi connectivity index (χ2v) is 8.89. The molecule has 0 radical (unpaired) electrons. The van der Waals surface area contributed by atoms with E-state index in [1.165, 1.54) is 19.3 Å². The molecule has 4 aliphatic rings. The number of furan rings is 1. The molecule has 0 aliphatic heterocycles. The molecule has 0 atom stereocenters. The molecule has 2 aromatic rings. The molecule has 1 aromatic carbocycles. The number of nitrogens with one attached hydrogen (secondary N) is 1. The van der Waals surface area contributed by atoms with Crippen LogP contribution in [0.2, 0.25) is 0 Å². The molecule has 0 unspecified atom stereocenters. The third-order valence-corrected chi connectivity index (χ3v) is 6.72. The number of hydrogen-bond acceptors (Lipinski definition) is 4. The van der Waals surface area contributed by atoms with E-state index in [4.69, 9.17) is 13.9 Å². The Morgan fingerprint density at radius 2 is 1.75 bits per heavy atom. The molecule has 28 heavy (non-hydrogen) atoms. The largest absolute Gasteiger partial charge is 0.497 e. The molecule has 1 N–H and O–H groups in total. The average molecular weight is 381 g/mol. The van der Waals surface area contributed by atoms with Crippen LogP contribution < -0.4 is 14.8 Å². The minimum Gasteiger partial charge on any atom is -0.497 e. The highest BCUT2D eigenvalue weighted by Gasteiger charge is 2.51. The SMILES string of the molecule is COc1cccc(OCc2ccc(C(=O)NC34CC5CC(CC(C5)C3)C4)o2)c1. The molecule has 148 valence electrons.